The maximum atomic E-state index is 5.97. The fourth-order valence-electron chi connectivity index (χ4n) is 1.93. The van der Waals surface area contributed by atoms with Crippen LogP contribution in [0, 0.1) is 6.92 Å². The molecule has 0 heterocycles. The van der Waals surface area contributed by atoms with Gasteiger partial charge >= 0.3 is 0 Å². The normalized spacial score (nSPS) is 12.8. The third kappa shape index (κ3) is 5.09. The van der Waals surface area contributed by atoms with Crippen molar-refractivity contribution in [1.82, 2.24) is 5.32 Å². The summed E-state index contributed by atoms with van der Waals surface area (Å²) in [6.07, 6.45) is 1.37. The van der Waals surface area contributed by atoms with E-state index in [1.807, 2.05) is 0 Å². The van der Waals surface area contributed by atoms with Crippen LogP contribution in [0.1, 0.15) is 51.2 Å². The molecule has 0 radical (unpaired) electrons. The average molecular weight is 249 g/mol. The van der Waals surface area contributed by atoms with E-state index in [1.165, 1.54) is 11.1 Å². The summed E-state index contributed by atoms with van der Waals surface area (Å²) in [5.74, 6) is 1.53. The van der Waals surface area contributed by atoms with Crippen molar-refractivity contribution in [2.45, 2.75) is 53.1 Å². The molecule has 0 saturated carbocycles. The molecule has 1 N–H and O–H groups in total. The van der Waals surface area contributed by atoms with Crippen LogP contribution >= 0.6 is 0 Å². The Morgan fingerprint density at radius 2 is 1.89 bits per heavy atom. The molecular weight excluding hydrogens is 222 g/mol. The van der Waals surface area contributed by atoms with Crippen molar-refractivity contribution >= 4 is 0 Å². The molecule has 1 rings (SSSR count). The van der Waals surface area contributed by atoms with Gasteiger partial charge in [0.1, 0.15) is 11.9 Å². The Kier molecular flexibility index (Phi) is 6.20. The smallest absolute Gasteiger partial charge is 0.120 e. The van der Waals surface area contributed by atoms with E-state index in [1.54, 1.807) is 0 Å². The molecule has 0 aliphatic rings. The zero-order chi connectivity index (χ0) is 13.5. The third-order valence-electron chi connectivity index (χ3n) is 2.94. The van der Waals surface area contributed by atoms with Crippen molar-refractivity contribution in [2.75, 3.05) is 13.1 Å². The maximum absolute atomic E-state index is 5.97. The van der Waals surface area contributed by atoms with E-state index >= 15 is 0 Å². The number of rotatable bonds is 7. The molecule has 1 atom stereocenters. The van der Waals surface area contributed by atoms with Gasteiger partial charge in [-0.15, -0.1) is 0 Å². The van der Waals surface area contributed by atoms with Crippen molar-refractivity contribution < 1.29 is 4.74 Å². The fourth-order valence-corrected chi connectivity index (χ4v) is 1.93. The monoisotopic (exact) mass is 249 g/mol. The summed E-state index contributed by atoms with van der Waals surface area (Å²) in [5.41, 5.74) is 2.61. The van der Waals surface area contributed by atoms with E-state index in [0.717, 1.165) is 25.3 Å². The first-order chi connectivity index (χ1) is 8.52. The molecule has 0 aliphatic carbocycles. The number of aryl methyl sites for hydroxylation is 1. The molecule has 1 aromatic rings. The van der Waals surface area contributed by atoms with Crippen molar-refractivity contribution in [2.24, 2.45) is 0 Å². The summed E-state index contributed by atoms with van der Waals surface area (Å²) in [7, 11) is 0. The molecule has 0 amide bonds. The van der Waals surface area contributed by atoms with Gasteiger partial charge in [0.25, 0.3) is 0 Å². The molecule has 1 unspecified atom stereocenters. The van der Waals surface area contributed by atoms with Crippen molar-refractivity contribution in [1.29, 1.82) is 0 Å². The summed E-state index contributed by atoms with van der Waals surface area (Å²) in [6.45, 7) is 12.8. The summed E-state index contributed by atoms with van der Waals surface area (Å²) in [5, 5.41) is 3.38. The summed E-state index contributed by atoms with van der Waals surface area (Å²) >= 11 is 0. The second-order valence-corrected chi connectivity index (χ2v) is 5.37. The third-order valence-corrected chi connectivity index (χ3v) is 2.94. The highest BCUT2D eigenvalue weighted by molar-refractivity contribution is 5.35. The predicted octanol–water partition coefficient (Wildman–Crippen LogP) is 3.89. The minimum Gasteiger partial charge on any atom is -0.489 e. The van der Waals surface area contributed by atoms with Crippen LogP contribution in [0.4, 0.5) is 0 Å². The van der Waals surface area contributed by atoms with Gasteiger partial charge in [-0.2, -0.15) is 0 Å². The van der Waals surface area contributed by atoms with Gasteiger partial charge in [-0.1, -0.05) is 26.8 Å². The summed E-state index contributed by atoms with van der Waals surface area (Å²) < 4.78 is 5.97. The highest BCUT2D eigenvalue weighted by Crippen LogP contribution is 2.23. The largest absolute Gasteiger partial charge is 0.489 e. The molecule has 1 aromatic carbocycles. The van der Waals surface area contributed by atoms with Gasteiger partial charge in [0.05, 0.1) is 0 Å². The quantitative estimate of drug-likeness (QED) is 0.740. The van der Waals surface area contributed by atoms with Crippen molar-refractivity contribution in [3.63, 3.8) is 0 Å². The molecule has 0 aromatic heterocycles. The van der Waals surface area contributed by atoms with Gasteiger partial charge in [-0.05, 0) is 56.0 Å². The van der Waals surface area contributed by atoms with Gasteiger partial charge in [-0.3, -0.25) is 0 Å². The lowest BCUT2D eigenvalue weighted by Gasteiger charge is -2.17. The lowest BCUT2D eigenvalue weighted by Crippen LogP contribution is -2.29. The van der Waals surface area contributed by atoms with Gasteiger partial charge in [0, 0.05) is 6.54 Å². The molecule has 2 heteroatoms. The summed E-state index contributed by atoms with van der Waals surface area (Å²) in [4.78, 5) is 0. The molecule has 0 bridgehead atoms. The van der Waals surface area contributed by atoms with Crippen LogP contribution in [0.3, 0.4) is 0 Å². The van der Waals surface area contributed by atoms with Gasteiger partial charge < -0.3 is 10.1 Å². The van der Waals surface area contributed by atoms with Gasteiger partial charge in [-0.25, -0.2) is 0 Å². The van der Waals surface area contributed by atoms with Crippen LogP contribution < -0.4 is 10.1 Å². The Morgan fingerprint density at radius 3 is 2.50 bits per heavy atom. The summed E-state index contributed by atoms with van der Waals surface area (Å²) in [6, 6.07) is 6.51. The van der Waals surface area contributed by atoms with Crippen LogP contribution in [-0.2, 0) is 0 Å². The lowest BCUT2D eigenvalue weighted by atomic mass is 10.0. The first-order valence-corrected chi connectivity index (χ1v) is 7.02. The van der Waals surface area contributed by atoms with Crippen LogP contribution in [0.25, 0.3) is 0 Å². The molecule has 0 aliphatic heterocycles. The number of nitrogens with one attached hydrogen (secondary N) is 1. The highest BCUT2D eigenvalue weighted by Gasteiger charge is 2.07. The van der Waals surface area contributed by atoms with Crippen LogP contribution in [0.2, 0.25) is 0 Å². The first kappa shape index (κ1) is 15.0. The predicted molar refractivity (Wildman–Crippen MR) is 78.5 cm³/mol. The number of hydrogen-bond acceptors (Lipinski definition) is 2. The highest BCUT2D eigenvalue weighted by atomic mass is 16.5. The van der Waals surface area contributed by atoms with Crippen molar-refractivity contribution in [3.05, 3.63) is 29.3 Å². The van der Waals surface area contributed by atoms with E-state index in [-0.39, 0.29) is 6.10 Å². The van der Waals surface area contributed by atoms with Crippen LogP contribution in [-0.4, -0.2) is 19.2 Å². The number of hydrogen-bond donors (Lipinski definition) is 1. The molecule has 102 valence electrons. The molecule has 18 heavy (non-hydrogen) atoms. The SMILES string of the molecule is CCCNCC(C)Oc1cc(C)cc(C(C)C)c1. The molecule has 0 saturated heterocycles. The van der Waals surface area contributed by atoms with E-state index in [2.05, 4.69) is 58.1 Å². The Hall–Kier alpha value is -1.02. The van der Waals surface area contributed by atoms with Crippen LogP contribution in [0.15, 0.2) is 18.2 Å². The van der Waals surface area contributed by atoms with Crippen LogP contribution in [0.5, 0.6) is 5.75 Å². The maximum Gasteiger partial charge on any atom is 0.120 e. The Labute approximate surface area is 112 Å². The van der Waals surface area contributed by atoms with Crippen molar-refractivity contribution in [3.8, 4) is 5.75 Å². The van der Waals surface area contributed by atoms with E-state index in [4.69, 9.17) is 4.74 Å². The fraction of sp³-hybridized carbons (Fsp3) is 0.625. The zero-order valence-electron chi connectivity index (χ0n) is 12.4. The lowest BCUT2D eigenvalue weighted by molar-refractivity contribution is 0.217. The molecular formula is C16H27NO. The minimum atomic E-state index is 0.207. The van der Waals surface area contributed by atoms with E-state index < -0.39 is 0 Å². The second kappa shape index (κ2) is 7.42. The number of ether oxygens (including phenoxy) is 1. The van der Waals surface area contributed by atoms with Gasteiger partial charge in [0.2, 0.25) is 0 Å². The average Bonchev–Trinajstić information content (AvgIpc) is 2.28. The second-order valence-electron chi connectivity index (χ2n) is 5.37. The first-order valence-electron chi connectivity index (χ1n) is 7.02. The zero-order valence-corrected chi connectivity index (χ0v) is 12.4. The minimum absolute atomic E-state index is 0.207. The van der Waals surface area contributed by atoms with E-state index in [9.17, 15) is 0 Å². The molecule has 0 spiro atoms. The van der Waals surface area contributed by atoms with E-state index in [0.29, 0.717) is 5.92 Å². The molecule has 2 nitrogen and oxygen atoms in total. The standard InChI is InChI=1S/C16H27NO/c1-6-7-17-11-14(5)18-16-9-13(4)8-15(10-16)12(2)3/h8-10,12,14,17H,6-7,11H2,1-5H3. The Bertz CT molecular complexity index is 360. The Balaban J connectivity index is 2.60. The topological polar surface area (TPSA) is 21.3 Å². The Morgan fingerprint density at radius 1 is 1.17 bits per heavy atom. The molecule has 0 fully saturated rings. The van der Waals surface area contributed by atoms with Gasteiger partial charge in [0.15, 0.2) is 0 Å². The number of benzene rings is 1.